The van der Waals surface area contributed by atoms with Crippen LogP contribution in [-0.4, -0.2) is 13.2 Å². The van der Waals surface area contributed by atoms with Crippen LogP contribution in [-0.2, 0) is 17.3 Å². The highest BCUT2D eigenvalue weighted by molar-refractivity contribution is 5.82. The minimum atomic E-state index is -4.75. The summed E-state index contributed by atoms with van der Waals surface area (Å²) in [6, 6.07) is 14.9. The van der Waals surface area contributed by atoms with Crippen LogP contribution in [0.4, 0.5) is 13.2 Å². The summed E-state index contributed by atoms with van der Waals surface area (Å²) < 4.78 is 56.5. The van der Waals surface area contributed by atoms with Crippen LogP contribution in [0.3, 0.4) is 0 Å². The second-order valence-electron chi connectivity index (χ2n) is 9.35. The summed E-state index contributed by atoms with van der Waals surface area (Å²) in [6.45, 7) is 4.98. The quantitative estimate of drug-likeness (QED) is 0.149. The molecule has 1 heterocycles. The van der Waals surface area contributed by atoms with E-state index >= 15 is 0 Å². The smallest absolute Gasteiger partial charge is 0.423 e. The van der Waals surface area contributed by atoms with Crippen molar-refractivity contribution < 1.29 is 27.1 Å². The number of unbranched alkanes of at least 4 members (excludes halogenated alkanes) is 7. The molecule has 4 nitrogen and oxygen atoms in total. The molecule has 0 radical (unpaired) electrons. The van der Waals surface area contributed by atoms with E-state index in [-0.39, 0.29) is 23.7 Å². The largest absolute Gasteiger partial charge is 0.493 e. The summed E-state index contributed by atoms with van der Waals surface area (Å²) >= 11 is 0. The summed E-state index contributed by atoms with van der Waals surface area (Å²) in [5.41, 5.74) is -1.29. The van der Waals surface area contributed by atoms with Gasteiger partial charge in [-0.1, -0.05) is 75.8 Å². The predicted molar refractivity (Wildman–Crippen MR) is 140 cm³/mol. The van der Waals surface area contributed by atoms with Crippen LogP contribution in [0.15, 0.2) is 57.7 Å². The van der Waals surface area contributed by atoms with Crippen molar-refractivity contribution in [2.45, 2.75) is 83.9 Å². The molecule has 0 fully saturated rings. The molecule has 202 valence electrons. The molecule has 0 saturated carbocycles. The zero-order valence-electron chi connectivity index (χ0n) is 21.7. The van der Waals surface area contributed by atoms with Crippen LogP contribution >= 0.6 is 0 Å². The topological polar surface area (TPSA) is 48.7 Å². The number of ether oxygens (including phenoxy) is 2. The molecule has 0 aliphatic rings. The van der Waals surface area contributed by atoms with Crippen molar-refractivity contribution in [3.8, 4) is 5.75 Å². The summed E-state index contributed by atoms with van der Waals surface area (Å²) in [7, 11) is 0. The average molecular weight is 519 g/mol. The van der Waals surface area contributed by atoms with Crippen molar-refractivity contribution >= 4 is 11.0 Å². The zero-order chi connectivity index (χ0) is 26.7. The van der Waals surface area contributed by atoms with Crippen LogP contribution in [0.25, 0.3) is 11.0 Å². The first-order chi connectivity index (χ1) is 17.8. The maximum atomic E-state index is 13.3. The fourth-order valence-corrected chi connectivity index (χ4v) is 4.52. The molecule has 0 N–H and O–H groups in total. The van der Waals surface area contributed by atoms with Gasteiger partial charge in [-0.15, -0.1) is 0 Å². The van der Waals surface area contributed by atoms with Gasteiger partial charge >= 0.3 is 11.8 Å². The van der Waals surface area contributed by atoms with Gasteiger partial charge in [0.05, 0.1) is 12.7 Å². The van der Waals surface area contributed by atoms with Gasteiger partial charge in [0.1, 0.15) is 16.9 Å². The highest BCUT2D eigenvalue weighted by atomic mass is 19.4. The first-order valence-corrected chi connectivity index (χ1v) is 13.3. The Hall–Kier alpha value is -2.80. The first kappa shape index (κ1) is 28.8. The van der Waals surface area contributed by atoms with Gasteiger partial charge in [-0.2, -0.15) is 13.2 Å². The average Bonchev–Trinajstić information content (AvgIpc) is 2.87. The van der Waals surface area contributed by atoms with E-state index in [1.165, 1.54) is 43.4 Å². The molecular formula is C30H37F3O4. The Morgan fingerprint density at radius 3 is 2.11 bits per heavy atom. The maximum absolute atomic E-state index is 13.3. The molecule has 37 heavy (non-hydrogen) atoms. The van der Waals surface area contributed by atoms with Gasteiger partial charge in [-0.3, -0.25) is 0 Å². The lowest BCUT2D eigenvalue weighted by Crippen LogP contribution is -2.21. The van der Waals surface area contributed by atoms with Crippen LogP contribution in [0.1, 0.15) is 88.0 Å². The predicted octanol–water partition coefficient (Wildman–Crippen LogP) is 8.65. The first-order valence-electron chi connectivity index (χ1n) is 13.3. The van der Waals surface area contributed by atoms with Crippen LogP contribution in [0, 0.1) is 0 Å². The van der Waals surface area contributed by atoms with E-state index < -0.39 is 17.4 Å². The lowest BCUT2D eigenvalue weighted by atomic mass is 10.0. The van der Waals surface area contributed by atoms with E-state index in [1.807, 2.05) is 18.2 Å². The molecule has 0 bridgehead atoms. The second kappa shape index (κ2) is 14.2. The molecule has 3 rings (SSSR count). The molecule has 0 spiro atoms. The summed E-state index contributed by atoms with van der Waals surface area (Å²) in [5.74, 6) is 0.487. The van der Waals surface area contributed by atoms with Crippen LogP contribution in [0.5, 0.6) is 5.75 Å². The minimum Gasteiger partial charge on any atom is -0.493 e. The highest BCUT2D eigenvalue weighted by Gasteiger charge is 2.38. The lowest BCUT2D eigenvalue weighted by molar-refractivity contribution is -0.140. The number of hydrogen-bond acceptors (Lipinski definition) is 4. The number of fused-ring (bicyclic) bond motifs is 1. The Bertz CT molecular complexity index is 1160. The van der Waals surface area contributed by atoms with Crippen molar-refractivity contribution in [1.82, 2.24) is 0 Å². The number of hydrogen-bond donors (Lipinski definition) is 0. The lowest BCUT2D eigenvalue weighted by Gasteiger charge is -2.13. The molecule has 0 amide bonds. The fraction of sp³-hybridized carbons (Fsp3) is 0.500. The number of alkyl halides is 3. The van der Waals surface area contributed by atoms with Gasteiger partial charge in [0.15, 0.2) is 0 Å². The van der Waals surface area contributed by atoms with Crippen molar-refractivity contribution in [1.29, 1.82) is 0 Å². The third-order valence-corrected chi connectivity index (χ3v) is 6.57. The number of rotatable bonds is 15. The summed E-state index contributed by atoms with van der Waals surface area (Å²) in [4.78, 5) is 12.0. The number of halogens is 3. The number of benzene rings is 2. The van der Waals surface area contributed by atoms with E-state index in [2.05, 4.69) is 19.1 Å². The molecule has 0 saturated heterocycles. The van der Waals surface area contributed by atoms with Crippen LogP contribution < -0.4 is 10.4 Å². The van der Waals surface area contributed by atoms with Gasteiger partial charge in [-0.05, 0) is 49.4 Å². The summed E-state index contributed by atoms with van der Waals surface area (Å²) in [5, 5.41) is 0.291. The Morgan fingerprint density at radius 1 is 0.865 bits per heavy atom. The van der Waals surface area contributed by atoms with E-state index in [0.717, 1.165) is 32.3 Å². The highest BCUT2D eigenvalue weighted by Crippen LogP contribution is 2.34. The van der Waals surface area contributed by atoms with E-state index in [1.54, 1.807) is 13.0 Å². The molecular weight excluding hydrogens is 481 g/mol. The molecule has 1 atom stereocenters. The third-order valence-electron chi connectivity index (χ3n) is 6.57. The Balaban J connectivity index is 1.29. The second-order valence-corrected chi connectivity index (χ2v) is 9.35. The molecule has 0 aliphatic carbocycles. The molecule has 2 aromatic carbocycles. The molecule has 7 heteroatoms. The molecule has 1 aromatic heterocycles. The van der Waals surface area contributed by atoms with Crippen molar-refractivity contribution in [2.75, 3.05) is 13.2 Å². The standard InChI is InChI=1S/C30H37F3O4/c1-3-25-26-18-17-24(21-27(26)37-29(34)28(25)30(31,32)33)36-20-14-9-7-5-4-6-8-13-19-35-22(2)23-15-11-10-12-16-23/h10-12,15-18,21-22H,3-9,13-14,19-20H2,1-2H3. The van der Waals surface area contributed by atoms with Crippen molar-refractivity contribution in [2.24, 2.45) is 0 Å². The molecule has 1 unspecified atom stereocenters. The van der Waals surface area contributed by atoms with Gasteiger partial charge in [-0.25, -0.2) is 4.79 Å². The van der Waals surface area contributed by atoms with Gasteiger partial charge < -0.3 is 13.9 Å². The third kappa shape index (κ3) is 8.63. The Morgan fingerprint density at radius 2 is 1.49 bits per heavy atom. The van der Waals surface area contributed by atoms with E-state index in [0.29, 0.717) is 17.7 Å². The maximum Gasteiger partial charge on any atom is 0.423 e. The van der Waals surface area contributed by atoms with E-state index in [9.17, 15) is 18.0 Å². The zero-order valence-corrected chi connectivity index (χ0v) is 21.7. The molecule has 3 aromatic rings. The van der Waals surface area contributed by atoms with Crippen molar-refractivity contribution in [3.63, 3.8) is 0 Å². The fourth-order valence-electron chi connectivity index (χ4n) is 4.52. The normalized spacial score (nSPS) is 12.7. The van der Waals surface area contributed by atoms with Gasteiger partial charge in [0.25, 0.3) is 0 Å². The van der Waals surface area contributed by atoms with Crippen LogP contribution in [0.2, 0.25) is 0 Å². The molecule has 0 aliphatic heterocycles. The monoisotopic (exact) mass is 518 g/mol. The van der Waals surface area contributed by atoms with Gasteiger partial charge in [0, 0.05) is 18.1 Å². The number of aryl methyl sites for hydroxylation is 1. The Kier molecular flexibility index (Phi) is 11.1. The Labute approximate surface area is 216 Å². The SMILES string of the molecule is CCc1c(C(F)(F)F)c(=O)oc2cc(OCCCCCCCCCCOC(C)c3ccccc3)ccc12. The van der Waals surface area contributed by atoms with E-state index in [4.69, 9.17) is 13.9 Å². The minimum absolute atomic E-state index is 0.0421. The summed E-state index contributed by atoms with van der Waals surface area (Å²) in [6.07, 6.45) is 4.39. The van der Waals surface area contributed by atoms with Gasteiger partial charge in [0.2, 0.25) is 0 Å². The van der Waals surface area contributed by atoms with Crippen molar-refractivity contribution in [3.05, 3.63) is 75.6 Å².